The van der Waals surface area contributed by atoms with Crippen LogP contribution in [0.1, 0.15) is 17.1 Å². The van der Waals surface area contributed by atoms with Crippen molar-refractivity contribution in [2.24, 2.45) is 0 Å². The number of nitriles is 1. The Morgan fingerprint density at radius 2 is 2.04 bits per heavy atom. The van der Waals surface area contributed by atoms with Gasteiger partial charge < -0.3 is 9.40 Å². The summed E-state index contributed by atoms with van der Waals surface area (Å²) in [6.45, 7) is 2.02. The average Bonchev–Trinajstić information content (AvgIpc) is 3.26. The number of fused-ring (bicyclic) bond motifs is 1. The predicted octanol–water partition coefficient (Wildman–Crippen LogP) is 5.96. The van der Waals surface area contributed by atoms with Crippen molar-refractivity contribution in [3.05, 3.63) is 76.2 Å². The molecule has 1 N–H and O–H groups in total. The normalized spacial score (nSPS) is 11.7. The molecule has 0 spiro atoms. The van der Waals surface area contributed by atoms with E-state index in [1.54, 1.807) is 6.08 Å². The van der Waals surface area contributed by atoms with Crippen LogP contribution < -0.4 is 0 Å². The van der Waals surface area contributed by atoms with E-state index in [0.717, 1.165) is 32.4 Å². The zero-order valence-corrected chi connectivity index (χ0v) is 15.5. The van der Waals surface area contributed by atoms with Gasteiger partial charge in [0.1, 0.15) is 23.4 Å². The molecule has 4 rings (SSSR count). The first kappa shape index (κ1) is 16.4. The number of aromatic amines is 1. The lowest BCUT2D eigenvalue weighted by molar-refractivity contribution is 0.571. The maximum absolute atomic E-state index is 9.56. The second-order valence-electron chi connectivity index (χ2n) is 5.96. The van der Waals surface area contributed by atoms with E-state index in [2.05, 4.69) is 32.0 Å². The van der Waals surface area contributed by atoms with E-state index in [4.69, 9.17) is 4.42 Å². The van der Waals surface area contributed by atoms with Crippen molar-refractivity contribution in [2.75, 3.05) is 0 Å². The molecule has 2 aromatic carbocycles. The summed E-state index contributed by atoms with van der Waals surface area (Å²) in [5.41, 5.74) is 4.27. The molecule has 2 aromatic heterocycles. The Bertz CT molecular complexity index is 1180. The van der Waals surface area contributed by atoms with Gasteiger partial charge in [-0.1, -0.05) is 40.2 Å². The lowest BCUT2D eigenvalue weighted by atomic mass is 10.2. The molecule has 0 saturated carbocycles. The monoisotopic (exact) mass is 403 g/mol. The first-order valence-corrected chi connectivity index (χ1v) is 8.86. The lowest BCUT2D eigenvalue weighted by Gasteiger charge is -1.99. The second-order valence-corrected chi connectivity index (χ2v) is 6.81. The van der Waals surface area contributed by atoms with Gasteiger partial charge in [-0.3, -0.25) is 0 Å². The smallest absolute Gasteiger partial charge is 0.149 e. The number of benzene rings is 2. The SMILES string of the molecule is Cc1ccc2nc(/C(C#N)=C/c3ccc(-c4ccccc4Br)o3)[nH]c2c1. The predicted molar refractivity (Wildman–Crippen MR) is 106 cm³/mol. The largest absolute Gasteiger partial charge is 0.457 e. The molecule has 0 amide bonds. The molecule has 5 heteroatoms. The van der Waals surface area contributed by atoms with Crippen LogP contribution in [-0.2, 0) is 0 Å². The molecule has 4 nitrogen and oxygen atoms in total. The molecule has 0 atom stereocenters. The molecule has 26 heavy (non-hydrogen) atoms. The topological polar surface area (TPSA) is 65.6 Å². The number of H-pyrrole nitrogens is 1. The van der Waals surface area contributed by atoms with Crippen molar-refractivity contribution in [1.29, 1.82) is 5.26 Å². The quantitative estimate of drug-likeness (QED) is 0.429. The summed E-state index contributed by atoms with van der Waals surface area (Å²) in [7, 11) is 0. The number of nitrogens with zero attached hydrogens (tertiary/aromatic N) is 2. The Morgan fingerprint density at radius 3 is 2.85 bits per heavy atom. The molecular weight excluding hydrogens is 390 g/mol. The number of aryl methyl sites for hydroxylation is 1. The first-order chi connectivity index (χ1) is 12.6. The van der Waals surface area contributed by atoms with Gasteiger partial charge in [0.15, 0.2) is 0 Å². The lowest BCUT2D eigenvalue weighted by Crippen LogP contribution is -1.84. The van der Waals surface area contributed by atoms with Crippen LogP contribution in [0.2, 0.25) is 0 Å². The fraction of sp³-hybridized carbons (Fsp3) is 0.0476. The van der Waals surface area contributed by atoms with Crippen molar-refractivity contribution < 1.29 is 4.42 Å². The van der Waals surface area contributed by atoms with Crippen molar-refractivity contribution in [1.82, 2.24) is 9.97 Å². The Morgan fingerprint density at radius 1 is 1.19 bits per heavy atom. The van der Waals surface area contributed by atoms with Gasteiger partial charge in [-0.05, 0) is 42.8 Å². The van der Waals surface area contributed by atoms with Gasteiger partial charge in [0.2, 0.25) is 0 Å². The van der Waals surface area contributed by atoms with Gasteiger partial charge in [0, 0.05) is 16.1 Å². The molecule has 0 unspecified atom stereocenters. The minimum atomic E-state index is 0.423. The summed E-state index contributed by atoms with van der Waals surface area (Å²) >= 11 is 3.53. The van der Waals surface area contributed by atoms with E-state index in [9.17, 15) is 5.26 Å². The maximum Gasteiger partial charge on any atom is 0.149 e. The number of hydrogen-bond donors (Lipinski definition) is 1. The number of rotatable bonds is 3. The zero-order valence-electron chi connectivity index (χ0n) is 14.0. The van der Waals surface area contributed by atoms with Gasteiger partial charge in [-0.25, -0.2) is 4.98 Å². The average molecular weight is 404 g/mol. The molecule has 0 saturated heterocycles. The summed E-state index contributed by atoms with van der Waals surface area (Å²) < 4.78 is 6.85. The molecule has 0 aliphatic rings. The molecule has 2 heterocycles. The number of halogens is 1. The van der Waals surface area contributed by atoms with Crippen molar-refractivity contribution >= 4 is 38.6 Å². The van der Waals surface area contributed by atoms with Gasteiger partial charge >= 0.3 is 0 Å². The highest BCUT2D eigenvalue weighted by Crippen LogP contribution is 2.30. The van der Waals surface area contributed by atoms with Crippen LogP contribution in [-0.4, -0.2) is 9.97 Å². The van der Waals surface area contributed by atoms with E-state index in [1.165, 1.54) is 0 Å². The highest BCUT2D eigenvalue weighted by molar-refractivity contribution is 9.10. The molecule has 0 aliphatic heterocycles. The van der Waals surface area contributed by atoms with Crippen molar-refractivity contribution in [3.63, 3.8) is 0 Å². The Labute approximate surface area is 158 Å². The molecule has 0 radical (unpaired) electrons. The molecule has 4 aromatic rings. The molecule has 0 aliphatic carbocycles. The standard InChI is InChI=1S/C21H14BrN3O/c1-13-6-8-18-19(10-13)25-21(24-18)14(12-23)11-15-7-9-20(26-15)16-4-2-3-5-17(16)22/h2-11H,1H3,(H,24,25)/b14-11+. The summed E-state index contributed by atoms with van der Waals surface area (Å²) in [4.78, 5) is 7.71. The number of aromatic nitrogens is 2. The molecular formula is C21H14BrN3O. The van der Waals surface area contributed by atoms with Crippen LogP contribution in [0.15, 0.2) is 63.5 Å². The fourth-order valence-corrected chi connectivity index (χ4v) is 3.26. The Kier molecular flexibility index (Phi) is 4.19. The molecule has 126 valence electrons. The van der Waals surface area contributed by atoms with E-state index in [0.29, 0.717) is 17.2 Å². The minimum absolute atomic E-state index is 0.423. The third-order valence-corrected chi connectivity index (χ3v) is 4.76. The van der Waals surface area contributed by atoms with Crippen molar-refractivity contribution in [3.8, 4) is 17.4 Å². The second kappa shape index (κ2) is 6.66. The number of allylic oxidation sites excluding steroid dienone is 1. The Hall–Kier alpha value is -3.10. The van der Waals surface area contributed by atoms with E-state index >= 15 is 0 Å². The maximum atomic E-state index is 9.56. The van der Waals surface area contributed by atoms with Crippen LogP contribution in [0, 0.1) is 18.3 Å². The summed E-state index contributed by atoms with van der Waals surface area (Å²) in [6.07, 6.45) is 1.70. The number of furan rings is 1. The first-order valence-electron chi connectivity index (χ1n) is 8.07. The third kappa shape index (κ3) is 3.07. The van der Waals surface area contributed by atoms with E-state index in [-0.39, 0.29) is 0 Å². The van der Waals surface area contributed by atoms with Crippen LogP contribution >= 0.6 is 15.9 Å². The molecule has 0 fully saturated rings. The minimum Gasteiger partial charge on any atom is -0.457 e. The van der Waals surface area contributed by atoms with Crippen LogP contribution in [0.5, 0.6) is 0 Å². The molecule has 0 bridgehead atoms. The summed E-state index contributed by atoms with van der Waals surface area (Å²) in [5.74, 6) is 1.87. The van der Waals surface area contributed by atoms with Gasteiger partial charge in [-0.2, -0.15) is 5.26 Å². The van der Waals surface area contributed by atoms with Gasteiger partial charge in [0.25, 0.3) is 0 Å². The number of hydrogen-bond acceptors (Lipinski definition) is 3. The van der Waals surface area contributed by atoms with Gasteiger partial charge in [0.05, 0.1) is 16.6 Å². The summed E-state index contributed by atoms with van der Waals surface area (Å²) in [5, 5.41) is 9.56. The number of imidazole rings is 1. The third-order valence-electron chi connectivity index (χ3n) is 4.07. The zero-order chi connectivity index (χ0) is 18.1. The van der Waals surface area contributed by atoms with E-state index < -0.39 is 0 Å². The highest BCUT2D eigenvalue weighted by Gasteiger charge is 2.11. The van der Waals surface area contributed by atoms with Crippen molar-refractivity contribution in [2.45, 2.75) is 6.92 Å². The van der Waals surface area contributed by atoms with E-state index in [1.807, 2.05) is 61.5 Å². The Balaban J connectivity index is 1.72. The fourth-order valence-electron chi connectivity index (χ4n) is 2.78. The van der Waals surface area contributed by atoms with Gasteiger partial charge in [-0.15, -0.1) is 0 Å². The summed E-state index contributed by atoms with van der Waals surface area (Å²) in [6, 6.07) is 19.7. The van der Waals surface area contributed by atoms with Crippen LogP contribution in [0.3, 0.4) is 0 Å². The van der Waals surface area contributed by atoms with Crippen LogP contribution in [0.4, 0.5) is 0 Å². The number of nitrogens with one attached hydrogen (secondary N) is 1. The van der Waals surface area contributed by atoms with Crippen LogP contribution in [0.25, 0.3) is 34.0 Å². The highest BCUT2D eigenvalue weighted by atomic mass is 79.9.